The summed E-state index contributed by atoms with van der Waals surface area (Å²) >= 11 is 0. The number of rotatable bonds is 3. The minimum Gasteiger partial charge on any atom is -0.463 e. The van der Waals surface area contributed by atoms with Crippen LogP contribution in [-0.4, -0.2) is 29.1 Å². The first kappa shape index (κ1) is 12.9. The summed E-state index contributed by atoms with van der Waals surface area (Å²) in [6, 6.07) is 13.4. The smallest absolute Gasteiger partial charge is 0.194 e. The molecule has 104 valence electrons. The average Bonchev–Trinajstić information content (AvgIpc) is 3.15. The second kappa shape index (κ2) is 5.13. The molecule has 0 radical (unpaired) electrons. The lowest BCUT2D eigenvalue weighted by atomic mass is 10.2. The van der Waals surface area contributed by atoms with E-state index in [1.54, 1.807) is 23.1 Å². The molecule has 0 aliphatic heterocycles. The summed E-state index contributed by atoms with van der Waals surface area (Å²) in [5.74, 6) is 0.563. The van der Waals surface area contributed by atoms with E-state index in [2.05, 4.69) is 10.3 Å². The Morgan fingerprint density at radius 1 is 1.19 bits per heavy atom. The highest BCUT2D eigenvalue weighted by Crippen LogP contribution is 2.26. The molecule has 0 unspecified atom stereocenters. The van der Waals surface area contributed by atoms with Crippen LogP contribution in [0.4, 0.5) is 5.69 Å². The molecular formula is C15H13N5O. The van der Waals surface area contributed by atoms with Crippen LogP contribution in [0, 0.1) is 11.3 Å². The first-order chi connectivity index (χ1) is 10.2. The molecule has 0 atom stereocenters. The molecule has 6 nitrogen and oxygen atoms in total. The third kappa shape index (κ3) is 2.25. The molecule has 0 N–H and O–H groups in total. The largest absolute Gasteiger partial charge is 0.463 e. The topological polar surface area (TPSA) is 70.9 Å². The van der Waals surface area contributed by atoms with Crippen LogP contribution in [0.3, 0.4) is 0 Å². The van der Waals surface area contributed by atoms with E-state index in [9.17, 15) is 5.26 Å². The van der Waals surface area contributed by atoms with E-state index in [1.165, 1.54) is 0 Å². The van der Waals surface area contributed by atoms with Crippen LogP contribution in [0.25, 0.3) is 17.1 Å². The fraction of sp³-hybridized carbons (Fsp3) is 0.133. The van der Waals surface area contributed by atoms with Crippen LogP contribution in [-0.2, 0) is 0 Å². The second-order valence-corrected chi connectivity index (χ2v) is 4.70. The molecule has 2 heterocycles. The monoisotopic (exact) mass is 279 g/mol. The van der Waals surface area contributed by atoms with Gasteiger partial charge in [-0.3, -0.25) is 0 Å². The highest BCUT2D eigenvalue weighted by atomic mass is 16.3. The Hall–Kier alpha value is -3.07. The summed E-state index contributed by atoms with van der Waals surface area (Å²) in [5.41, 5.74) is 2.70. The summed E-state index contributed by atoms with van der Waals surface area (Å²) in [7, 11) is 3.96. The van der Waals surface area contributed by atoms with Crippen LogP contribution < -0.4 is 4.90 Å². The van der Waals surface area contributed by atoms with Gasteiger partial charge in [0.05, 0.1) is 12.0 Å². The fourth-order valence-electron chi connectivity index (χ4n) is 2.06. The number of furan rings is 1. The van der Waals surface area contributed by atoms with E-state index in [0.717, 1.165) is 11.4 Å². The van der Waals surface area contributed by atoms with Crippen molar-refractivity contribution in [2.75, 3.05) is 19.0 Å². The number of anilines is 1. The molecule has 2 aromatic heterocycles. The Bertz CT molecular complexity index is 779. The third-order valence-corrected chi connectivity index (χ3v) is 3.14. The molecule has 0 fully saturated rings. The van der Waals surface area contributed by atoms with Crippen molar-refractivity contribution in [1.29, 1.82) is 5.26 Å². The number of nitrogens with zero attached hydrogens (tertiary/aromatic N) is 5. The number of hydrogen-bond donors (Lipinski definition) is 0. The quantitative estimate of drug-likeness (QED) is 0.736. The van der Waals surface area contributed by atoms with Gasteiger partial charge >= 0.3 is 0 Å². The maximum absolute atomic E-state index is 9.18. The van der Waals surface area contributed by atoms with Crippen molar-refractivity contribution in [3.63, 3.8) is 0 Å². The van der Waals surface area contributed by atoms with Crippen LogP contribution >= 0.6 is 0 Å². The molecule has 21 heavy (non-hydrogen) atoms. The Labute approximate surface area is 121 Å². The third-order valence-electron chi connectivity index (χ3n) is 3.14. The van der Waals surface area contributed by atoms with Gasteiger partial charge in [-0.05, 0) is 36.4 Å². The molecular weight excluding hydrogens is 266 g/mol. The zero-order valence-electron chi connectivity index (χ0n) is 11.7. The first-order valence-electron chi connectivity index (χ1n) is 6.38. The number of benzene rings is 1. The van der Waals surface area contributed by atoms with Crippen molar-refractivity contribution in [2.45, 2.75) is 0 Å². The van der Waals surface area contributed by atoms with Crippen LogP contribution in [0.15, 0.2) is 47.1 Å². The molecule has 0 saturated heterocycles. The van der Waals surface area contributed by atoms with Crippen LogP contribution in [0.2, 0.25) is 0 Å². The van der Waals surface area contributed by atoms with Crippen molar-refractivity contribution in [2.24, 2.45) is 0 Å². The Morgan fingerprint density at radius 2 is 1.95 bits per heavy atom. The maximum Gasteiger partial charge on any atom is 0.194 e. The summed E-state index contributed by atoms with van der Waals surface area (Å²) < 4.78 is 6.99. The molecule has 1 aromatic carbocycles. The lowest BCUT2D eigenvalue weighted by Gasteiger charge is -2.13. The van der Waals surface area contributed by atoms with Crippen molar-refractivity contribution < 1.29 is 4.42 Å². The molecule has 0 saturated carbocycles. The number of aromatic nitrogens is 3. The van der Waals surface area contributed by atoms with E-state index in [1.807, 2.05) is 49.3 Å². The number of hydrogen-bond acceptors (Lipinski definition) is 5. The SMILES string of the molecule is CN(C)c1ccc(-n2nnc(C#N)c2-c2ccco2)cc1. The van der Waals surface area contributed by atoms with E-state index in [4.69, 9.17) is 4.42 Å². The molecule has 3 rings (SSSR count). The van der Waals surface area contributed by atoms with Crippen molar-refractivity contribution >= 4 is 5.69 Å². The normalized spacial score (nSPS) is 10.3. The summed E-state index contributed by atoms with van der Waals surface area (Å²) in [6.45, 7) is 0. The van der Waals surface area contributed by atoms with Crippen molar-refractivity contribution in [3.8, 4) is 23.2 Å². The van der Waals surface area contributed by atoms with Crippen LogP contribution in [0.5, 0.6) is 0 Å². The lowest BCUT2D eigenvalue weighted by Crippen LogP contribution is -2.08. The molecule has 0 aliphatic carbocycles. The molecule has 0 aliphatic rings. The maximum atomic E-state index is 9.18. The first-order valence-corrected chi connectivity index (χ1v) is 6.38. The van der Waals surface area contributed by atoms with Crippen molar-refractivity contribution in [3.05, 3.63) is 48.4 Å². The van der Waals surface area contributed by atoms with Gasteiger partial charge in [-0.25, -0.2) is 4.68 Å². The van der Waals surface area contributed by atoms with Gasteiger partial charge in [-0.15, -0.1) is 5.10 Å². The Morgan fingerprint density at radius 3 is 2.52 bits per heavy atom. The minimum absolute atomic E-state index is 0.238. The van der Waals surface area contributed by atoms with E-state index < -0.39 is 0 Å². The predicted molar refractivity (Wildman–Crippen MR) is 78.1 cm³/mol. The van der Waals surface area contributed by atoms with E-state index in [0.29, 0.717) is 11.5 Å². The lowest BCUT2D eigenvalue weighted by molar-refractivity contribution is 0.576. The predicted octanol–water partition coefficient (Wildman–Crippen LogP) is 2.46. The fourth-order valence-corrected chi connectivity index (χ4v) is 2.06. The van der Waals surface area contributed by atoms with Gasteiger partial charge in [0, 0.05) is 19.8 Å². The minimum atomic E-state index is 0.238. The standard InChI is InChI=1S/C15H13N5O/c1-19(2)11-5-7-12(8-6-11)20-15(13(10-16)17-18-20)14-4-3-9-21-14/h3-9H,1-2H3. The highest BCUT2D eigenvalue weighted by Gasteiger charge is 2.18. The zero-order chi connectivity index (χ0) is 14.8. The van der Waals surface area contributed by atoms with Gasteiger partial charge in [0.1, 0.15) is 11.8 Å². The summed E-state index contributed by atoms with van der Waals surface area (Å²) in [4.78, 5) is 2.01. The Kier molecular flexibility index (Phi) is 3.16. The summed E-state index contributed by atoms with van der Waals surface area (Å²) in [5, 5.41) is 17.1. The van der Waals surface area contributed by atoms with Gasteiger partial charge in [-0.1, -0.05) is 5.21 Å². The number of nitriles is 1. The van der Waals surface area contributed by atoms with Crippen LogP contribution in [0.1, 0.15) is 5.69 Å². The van der Waals surface area contributed by atoms with E-state index >= 15 is 0 Å². The van der Waals surface area contributed by atoms with Gasteiger partial charge in [0.15, 0.2) is 11.5 Å². The summed E-state index contributed by atoms with van der Waals surface area (Å²) in [6.07, 6.45) is 1.56. The Balaban J connectivity index is 2.11. The van der Waals surface area contributed by atoms with Gasteiger partial charge in [0.25, 0.3) is 0 Å². The van der Waals surface area contributed by atoms with Crippen molar-refractivity contribution in [1.82, 2.24) is 15.0 Å². The molecule has 0 amide bonds. The van der Waals surface area contributed by atoms with Gasteiger partial charge in [0.2, 0.25) is 0 Å². The molecule has 6 heteroatoms. The molecule has 3 aromatic rings. The highest BCUT2D eigenvalue weighted by molar-refractivity contribution is 5.62. The van der Waals surface area contributed by atoms with E-state index in [-0.39, 0.29) is 5.69 Å². The zero-order valence-corrected chi connectivity index (χ0v) is 11.7. The second-order valence-electron chi connectivity index (χ2n) is 4.70. The molecule has 0 spiro atoms. The molecule has 0 bridgehead atoms. The van der Waals surface area contributed by atoms with Gasteiger partial charge in [-0.2, -0.15) is 5.26 Å². The van der Waals surface area contributed by atoms with Gasteiger partial charge < -0.3 is 9.32 Å². The average molecular weight is 279 g/mol.